The lowest BCUT2D eigenvalue weighted by molar-refractivity contribution is -0.120. The van der Waals surface area contributed by atoms with Gasteiger partial charge in [-0.15, -0.1) is 0 Å². The van der Waals surface area contributed by atoms with Crippen LogP contribution in [0, 0.1) is 23.7 Å². The number of fused-ring (bicyclic) bond motifs is 1. The Bertz CT molecular complexity index is 930. The molecule has 1 amide bonds. The fourth-order valence-corrected chi connectivity index (χ4v) is 3.27. The fourth-order valence-electron chi connectivity index (χ4n) is 3.27. The van der Waals surface area contributed by atoms with Crippen molar-refractivity contribution in [2.45, 2.75) is 39.5 Å². The van der Waals surface area contributed by atoms with Gasteiger partial charge in [-0.3, -0.25) is 9.59 Å². The molecule has 1 N–H and O–H groups in total. The van der Waals surface area contributed by atoms with Crippen LogP contribution in [-0.4, -0.2) is 11.7 Å². The summed E-state index contributed by atoms with van der Waals surface area (Å²) in [6.07, 6.45) is 0.115. The maximum absolute atomic E-state index is 12.9. The zero-order valence-corrected chi connectivity index (χ0v) is 15.5. The van der Waals surface area contributed by atoms with Crippen LogP contribution in [0.25, 0.3) is 0 Å². The van der Waals surface area contributed by atoms with Gasteiger partial charge in [0.05, 0.1) is 6.07 Å². The third-order valence-corrected chi connectivity index (χ3v) is 4.94. The smallest absolute Gasteiger partial charge is 0.253 e. The average molecular weight is 346 g/mol. The van der Waals surface area contributed by atoms with Gasteiger partial charge in [-0.05, 0) is 41.7 Å². The van der Waals surface area contributed by atoms with E-state index in [1.54, 1.807) is 18.2 Å². The Morgan fingerprint density at radius 1 is 1.15 bits per heavy atom. The summed E-state index contributed by atoms with van der Waals surface area (Å²) in [4.78, 5) is 25.7. The molecule has 0 heterocycles. The molecular formula is C22H22N2O2. The second kappa shape index (κ2) is 6.10. The van der Waals surface area contributed by atoms with Crippen molar-refractivity contribution in [3.8, 4) is 6.07 Å². The maximum Gasteiger partial charge on any atom is 0.253 e. The van der Waals surface area contributed by atoms with Crippen molar-refractivity contribution in [2.75, 3.05) is 5.32 Å². The number of nitriles is 1. The highest BCUT2D eigenvalue weighted by Gasteiger charge is 2.52. The lowest BCUT2D eigenvalue weighted by Gasteiger charge is -2.21. The van der Waals surface area contributed by atoms with Gasteiger partial charge in [-0.1, -0.05) is 50.6 Å². The molecular weight excluding hydrogens is 324 g/mol. The van der Waals surface area contributed by atoms with Crippen molar-refractivity contribution in [3.05, 3.63) is 64.7 Å². The van der Waals surface area contributed by atoms with Crippen LogP contribution in [0.15, 0.2) is 42.5 Å². The summed E-state index contributed by atoms with van der Waals surface area (Å²) in [6, 6.07) is 15.0. The molecule has 0 aliphatic heterocycles. The van der Waals surface area contributed by atoms with Crippen molar-refractivity contribution in [2.24, 2.45) is 5.41 Å². The molecule has 3 rings (SSSR count). The topological polar surface area (TPSA) is 70.0 Å². The zero-order chi connectivity index (χ0) is 19.1. The molecule has 0 saturated carbocycles. The summed E-state index contributed by atoms with van der Waals surface area (Å²) in [5.74, 6) is -0.982. The van der Waals surface area contributed by atoms with Crippen LogP contribution in [0.3, 0.4) is 0 Å². The molecule has 2 aromatic carbocycles. The lowest BCUT2D eigenvalue weighted by Crippen LogP contribution is -2.40. The lowest BCUT2D eigenvalue weighted by atomic mass is 9.84. The van der Waals surface area contributed by atoms with Gasteiger partial charge in [0, 0.05) is 17.7 Å². The van der Waals surface area contributed by atoms with Gasteiger partial charge in [0.1, 0.15) is 0 Å². The van der Waals surface area contributed by atoms with E-state index < -0.39 is 17.1 Å². The molecule has 0 radical (unpaired) electrons. The molecule has 0 bridgehead atoms. The Labute approximate surface area is 153 Å². The number of rotatable bonds is 2. The normalized spacial score (nSPS) is 19.0. The van der Waals surface area contributed by atoms with Crippen molar-refractivity contribution in [1.82, 2.24) is 0 Å². The molecule has 132 valence electrons. The van der Waals surface area contributed by atoms with Crippen LogP contribution in [0.2, 0.25) is 0 Å². The Kier molecular flexibility index (Phi) is 4.20. The SMILES string of the molecule is Cc1ccc2c(c1)C(=O)[C@@](C#N)(C(=O)Nc1ccc(C(C)(C)C)cc1)C2. The van der Waals surface area contributed by atoms with E-state index in [-0.39, 0.29) is 11.8 Å². The second-order valence-electron chi connectivity index (χ2n) is 7.97. The molecule has 1 atom stereocenters. The molecule has 26 heavy (non-hydrogen) atoms. The van der Waals surface area contributed by atoms with Crippen molar-refractivity contribution >= 4 is 17.4 Å². The molecule has 4 heteroatoms. The van der Waals surface area contributed by atoms with E-state index in [4.69, 9.17) is 0 Å². The Balaban J connectivity index is 1.87. The number of nitrogens with one attached hydrogen (secondary N) is 1. The first-order valence-electron chi connectivity index (χ1n) is 8.65. The Morgan fingerprint density at radius 2 is 1.81 bits per heavy atom. The standard InChI is InChI=1S/C22H22N2O2/c1-14-5-6-15-12-22(13-23,19(25)18(15)11-14)20(26)24-17-9-7-16(8-10-17)21(2,3)4/h5-11H,12H2,1-4H3,(H,24,26)/t22-/m1/s1. The number of anilines is 1. The predicted octanol–water partition coefficient (Wildman–Crippen LogP) is 4.18. The third kappa shape index (κ3) is 2.90. The van der Waals surface area contributed by atoms with Crippen LogP contribution in [0.5, 0.6) is 0 Å². The zero-order valence-electron chi connectivity index (χ0n) is 15.5. The highest BCUT2D eigenvalue weighted by Crippen LogP contribution is 2.38. The first kappa shape index (κ1) is 17.9. The van der Waals surface area contributed by atoms with Crippen LogP contribution in [0.4, 0.5) is 5.69 Å². The third-order valence-electron chi connectivity index (χ3n) is 4.94. The van der Waals surface area contributed by atoms with Gasteiger partial charge >= 0.3 is 0 Å². The van der Waals surface area contributed by atoms with Gasteiger partial charge in [0.25, 0.3) is 5.91 Å². The van der Waals surface area contributed by atoms with Crippen molar-refractivity contribution in [1.29, 1.82) is 5.26 Å². The molecule has 0 saturated heterocycles. The first-order chi connectivity index (χ1) is 12.2. The molecule has 0 fully saturated rings. The highest BCUT2D eigenvalue weighted by atomic mass is 16.2. The highest BCUT2D eigenvalue weighted by molar-refractivity contribution is 6.22. The summed E-state index contributed by atoms with van der Waals surface area (Å²) < 4.78 is 0. The van der Waals surface area contributed by atoms with E-state index in [0.29, 0.717) is 11.3 Å². The van der Waals surface area contributed by atoms with Crippen molar-refractivity contribution in [3.63, 3.8) is 0 Å². The molecule has 1 aliphatic rings. The number of carbonyl (C=O) groups is 2. The van der Waals surface area contributed by atoms with Gasteiger partial charge in [0.2, 0.25) is 5.41 Å². The van der Waals surface area contributed by atoms with E-state index in [1.807, 2.05) is 37.3 Å². The van der Waals surface area contributed by atoms with E-state index >= 15 is 0 Å². The number of nitrogens with zero attached hydrogens (tertiary/aromatic N) is 1. The number of hydrogen-bond donors (Lipinski definition) is 1. The first-order valence-corrected chi connectivity index (χ1v) is 8.65. The maximum atomic E-state index is 12.9. The van der Waals surface area contributed by atoms with Crippen LogP contribution in [-0.2, 0) is 16.6 Å². The predicted molar refractivity (Wildman–Crippen MR) is 101 cm³/mol. The summed E-state index contributed by atoms with van der Waals surface area (Å²) in [6.45, 7) is 8.22. The van der Waals surface area contributed by atoms with Gasteiger partial charge < -0.3 is 5.32 Å². The summed E-state index contributed by atoms with van der Waals surface area (Å²) in [7, 11) is 0. The van der Waals surface area contributed by atoms with Crippen LogP contribution >= 0.6 is 0 Å². The minimum Gasteiger partial charge on any atom is -0.324 e. The number of hydrogen-bond acceptors (Lipinski definition) is 3. The van der Waals surface area contributed by atoms with E-state index in [9.17, 15) is 14.9 Å². The second-order valence-corrected chi connectivity index (χ2v) is 7.97. The quantitative estimate of drug-likeness (QED) is 0.829. The minimum absolute atomic E-state index is 0.0112. The minimum atomic E-state index is -1.70. The van der Waals surface area contributed by atoms with E-state index in [2.05, 4.69) is 26.1 Å². The summed E-state index contributed by atoms with van der Waals surface area (Å²) in [5, 5.41) is 12.4. The number of benzene rings is 2. The fraction of sp³-hybridized carbons (Fsp3) is 0.318. The van der Waals surface area contributed by atoms with Gasteiger partial charge in [-0.25, -0.2) is 0 Å². The van der Waals surface area contributed by atoms with Crippen LogP contribution < -0.4 is 5.32 Å². The molecule has 4 nitrogen and oxygen atoms in total. The average Bonchev–Trinajstić information content (AvgIpc) is 2.88. The largest absolute Gasteiger partial charge is 0.324 e. The monoisotopic (exact) mass is 346 g/mol. The Morgan fingerprint density at radius 3 is 2.38 bits per heavy atom. The van der Waals surface area contributed by atoms with E-state index in [1.165, 1.54) is 0 Å². The number of amides is 1. The number of carbonyl (C=O) groups excluding carboxylic acids is 2. The summed E-state index contributed by atoms with van der Waals surface area (Å²) in [5.41, 5.74) is 2.20. The molecule has 0 aromatic heterocycles. The molecule has 1 aliphatic carbocycles. The number of aryl methyl sites for hydroxylation is 1. The molecule has 0 spiro atoms. The molecule has 2 aromatic rings. The van der Waals surface area contributed by atoms with Gasteiger partial charge in [0.15, 0.2) is 5.78 Å². The Hall–Kier alpha value is -2.93. The summed E-state index contributed by atoms with van der Waals surface area (Å²) >= 11 is 0. The van der Waals surface area contributed by atoms with Gasteiger partial charge in [-0.2, -0.15) is 5.26 Å². The van der Waals surface area contributed by atoms with Crippen LogP contribution in [0.1, 0.15) is 47.8 Å². The molecule has 0 unspecified atom stereocenters. The number of ketones is 1. The van der Waals surface area contributed by atoms with Crippen molar-refractivity contribution < 1.29 is 9.59 Å². The van der Waals surface area contributed by atoms with E-state index in [0.717, 1.165) is 16.7 Å². The number of Topliss-reactive ketones (excluding diaryl/α,β-unsaturated/α-hetero) is 1.